The Labute approximate surface area is 80.0 Å². The molecule has 0 saturated carbocycles. The lowest BCUT2D eigenvalue weighted by atomic mass is 10.1. The third-order valence-corrected chi connectivity index (χ3v) is 3.08. The lowest BCUT2D eigenvalue weighted by Crippen LogP contribution is -1.87. The van der Waals surface area contributed by atoms with Crippen LogP contribution in [0.1, 0.15) is 12.5 Å². The van der Waals surface area contributed by atoms with Gasteiger partial charge in [-0.1, -0.05) is 6.92 Å². The molecule has 0 bridgehead atoms. The van der Waals surface area contributed by atoms with Gasteiger partial charge in [0.2, 0.25) is 0 Å². The summed E-state index contributed by atoms with van der Waals surface area (Å²) in [6.45, 7) is 2.03. The number of benzene rings is 1. The second-order valence-electron chi connectivity index (χ2n) is 2.99. The van der Waals surface area contributed by atoms with Crippen LogP contribution in [-0.4, -0.2) is 0 Å². The second-order valence-corrected chi connectivity index (χ2v) is 3.90. The molecule has 3 heteroatoms. The molecule has 0 amide bonds. The van der Waals surface area contributed by atoms with Gasteiger partial charge in [0.25, 0.3) is 0 Å². The van der Waals surface area contributed by atoms with Crippen LogP contribution in [0.4, 0.5) is 10.1 Å². The van der Waals surface area contributed by atoms with Crippen molar-refractivity contribution in [2.45, 2.75) is 13.3 Å². The van der Waals surface area contributed by atoms with Crippen LogP contribution in [0.2, 0.25) is 0 Å². The van der Waals surface area contributed by atoms with Gasteiger partial charge in [0.1, 0.15) is 5.82 Å². The first-order valence-electron chi connectivity index (χ1n) is 4.17. The van der Waals surface area contributed by atoms with Gasteiger partial charge in [0.05, 0.1) is 0 Å². The standard InChI is InChI=1S/C10H10FNS/c1-2-6-5-13-9-4-7(12)3-8(11)10(6)9/h3-5H,2,12H2,1H3. The molecule has 68 valence electrons. The van der Waals surface area contributed by atoms with E-state index in [2.05, 4.69) is 0 Å². The fourth-order valence-corrected chi connectivity index (χ4v) is 2.56. The molecular weight excluding hydrogens is 185 g/mol. The van der Waals surface area contributed by atoms with E-state index in [1.807, 2.05) is 18.4 Å². The molecule has 2 N–H and O–H groups in total. The lowest BCUT2D eigenvalue weighted by Gasteiger charge is -1.98. The summed E-state index contributed by atoms with van der Waals surface area (Å²) in [7, 11) is 0. The second kappa shape index (κ2) is 3.00. The Balaban J connectivity index is 2.82. The van der Waals surface area contributed by atoms with Crippen molar-refractivity contribution in [1.29, 1.82) is 0 Å². The average Bonchev–Trinajstić information content (AvgIpc) is 2.47. The molecule has 1 heterocycles. The number of aryl methyl sites for hydroxylation is 1. The number of hydrogen-bond acceptors (Lipinski definition) is 2. The zero-order valence-electron chi connectivity index (χ0n) is 7.30. The summed E-state index contributed by atoms with van der Waals surface area (Å²) in [6.07, 6.45) is 0.862. The molecule has 0 spiro atoms. The summed E-state index contributed by atoms with van der Waals surface area (Å²) in [6, 6.07) is 3.20. The summed E-state index contributed by atoms with van der Waals surface area (Å²) in [4.78, 5) is 0. The van der Waals surface area contributed by atoms with Crippen LogP contribution >= 0.6 is 11.3 Å². The first kappa shape index (κ1) is 8.51. The van der Waals surface area contributed by atoms with Crippen LogP contribution in [-0.2, 0) is 6.42 Å². The Kier molecular flexibility index (Phi) is 1.96. The molecule has 13 heavy (non-hydrogen) atoms. The predicted molar refractivity (Wildman–Crippen MR) is 55.6 cm³/mol. The lowest BCUT2D eigenvalue weighted by molar-refractivity contribution is 0.640. The normalized spacial score (nSPS) is 10.9. The smallest absolute Gasteiger partial charge is 0.134 e. The van der Waals surface area contributed by atoms with Crippen LogP contribution < -0.4 is 5.73 Å². The van der Waals surface area contributed by atoms with Gasteiger partial charge >= 0.3 is 0 Å². The summed E-state index contributed by atoms with van der Waals surface area (Å²) in [5.74, 6) is -0.201. The Bertz CT molecular complexity index is 447. The fourth-order valence-electron chi connectivity index (χ4n) is 1.46. The zero-order valence-corrected chi connectivity index (χ0v) is 8.12. The van der Waals surface area contributed by atoms with Crippen LogP contribution in [0.25, 0.3) is 10.1 Å². The van der Waals surface area contributed by atoms with Crippen molar-refractivity contribution in [3.63, 3.8) is 0 Å². The topological polar surface area (TPSA) is 26.0 Å². The maximum Gasteiger partial charge on any atom is 0.134 e. The molecule has 0 unspecified atom stereocenters. The number of thiophene rings is 1. The Morgan fingerprint density at radius 2 is 2.23 bits per heavy atom. The highest BCUT2D eigenvalue weighted by atomic mass is 32.1. The van der Waals surface area contributed by atoms with Gasteiger partial charge < -0.3 is 5.73 Å². The summed E-state index contributed by atoms with van der Waals surface area (Å²) in [5, 5.41) is 2.73. The van der Waals surface area contributed by atoms with Crippen LogP contribution in [0.15, 0.2) is 17.5 Å². The summed E-state index contributed by atoms with van der Waals surface area (Å²) in [5.41, 5.74) is 7.10. The first-order valence-corrected chi connectivity index (χ1v) is 5.05. The zero-order chi connectivity index (χ0) is 9.42. The van der Waals surface area contributed by atoms with E-state index >= 15 is 0 Å². The molecular formula is C10H10FNS. The molecule has 2 aromatic rings. The molecule has 0 atom stereocenters. The van der Waals surface area contributed by atoms with E-state index < -0.39 is 0 Å². The van der Waals surface area contributed by atoms with Crippen molar-refractivity contribution in [1.82, 2.24) is 0 Å². The van der Waals surface area contributed by atoms with Gasteiger partial charge in [-0.25, -0.2) is 4.39 Å². The van der Waals surface area contributed by atoms with E-state index in [0.29, 0.717) is 5.69 Å². The van der Waals surface area contributed by atoms with E-state index in [0.717, 1.165) is 22.1 Å². The number of fused-ring (bicyclic) bond motifs is 1. The number of anilines is 1. The van der Waals surface area contributed by atoms with E-state index in [4.69, 9.17) is 5.73 Å². The van der Waals surface area contributed by atoms with Crippen molar-refractivity contribution >= 4 is 27.1 Å². The van der Waals surface area contributed by atoms with E-state index in [1.165, 1.54) is 6.07 Å². The van der Waals surface area contributed by atoms with E-state index in [9.17, 15) is 4.39 Å². The van der Waals surface area contributed by atoms with Gasteiger partial charge in [-0.05, 0) is 29.5 Å². The quantitative estimate of drug-likeness (QED) is 0.695. The monoisotopic (exact) mass is 195 g/mol. The highest BCUT2D eigenvalue weighted by molar-refractivity contribution is 7.17. The van der Waals surface area contributed by atoms with Gasteiger partial charge in [-0.3, -0.25) is 0 Å². The number of nitrogens with two attached hydrogens (primary N) is 1. The van der Waals surface area contributed by atoms with Gasteiger partial charge in [0, 0.05) is 15.8 Å². The third-order valence-electron chi connectivity index (χ3n) is 2.11. The Hall–Kier alpha value is -1.09. The minimum Gasteiger partial charge on any atom is -0.399 e. The molecule has 0 aliphatic carbocycles. The van der Waals surface area contributed by atoms with Gasteiger partial charge in [0.15, 0.2) is 0 Å². The molecule has 1 nitrogen and oxygen atoms in total. The minimum atomic E-state index is -0.201. The highest BCUT2D eigenvalue weighted by Gasteiger charge is 2.08. The molecule has 1 aromatic heterocycles. The van der Waals surface area contributed by atoms with Crippen molar-refractivity contribution in [3.8, 4) is 0 Å². The summed E-state index contributed by atoms with van der Waals surface area (Å²) >= 11 is 1.55. The average molecular weight is 195 g/mol. The Morgan fingerprint density at radius 1 is 1.46 bits per heavy atom. The van der Waals surface area contributed by atoms with Crippen LogP contribution in [0.3, 0.4) is 0 Å². The molecule has 0 aliphatic rings. The highest BCUT2D eigenvalue weighted by Crippen LogP contribution is 2.30. The van der Waals surface area contributed by atoms with Crippen molar-refractivity contribution in [2.24, 2.45) is 0 Å². The number of rotatable bonds is 1. The predicted octanol–water partition coefficient (Wildman–Crippen LogP) is 3.19. The maximum atomic E-state index is 13.5. The Morgan fingerprint density at radius 3 is 2.92 bits per heavy atom. The van der Waals surface area contributed by atoms with Crippen molar-refractivity contribution < 1.29 is 4.39 Å². The molecule has 2 rings (SSSR count). The van der Waals surface area contributed by atoms with Crippen LogP contribution in [0.5, 0.6) is 0 Å². The van der Waals surface area contributed by atoms with E-state index in [-0.39, 0.29) is 5.82 Å². The largest absolute Gasteiger partial charge is 0.399 e. The molecule has 0 radical (unpaired) electrons. The summed E-state index contributed by atoms with van der Waals surface area (Å²) < 4.78 is 14.4. The number of nitrogen functional groups attached to an aromatic ring is 1. The molecule has 0 fully saturated rings. The van der Waals surface area contributed by atoms with E-state index in [1.54, 1.807) is 11.3 Å². The van der Waals surface area contributed by atoms with Crippen LogP contribution in [0, 0.1) is 5.82 Å². The SMILES string of the molecule is CCc1csc2cc(N)cc(F)c12. The van der Waals surface area contributed by atoms with Crippen molar-refractivity contribution in [2.75, 3.05) is 5.73 Å². The van der Waals surface area contributed by atoms with Crippen molar-refractivity contribution in [3.05, 3.63) is 28.9 Å². The minimum absolute atomic E-state index is 0.201. The van der Waals surface area contributed by atoms with Gasteiger partial charge in [-0.2, -0.15) is 0 Å². The maximum absolute atomic E-state index is 13.5. The first-order chi connectivity index (χ1) is 6.22. The fraction of sp³-hybridized carbons (Fsp3) is 0.200. The van der Waals surface area contributed by atoms with Gasteiger partial charge in [-0.15, -0.1) is 11.3 Å². The molecule has 0 aliphatic heterocycles. The third kappa shape index (κ3) is 1.29. The number of halogens is 1. The molecule has 0 saturated heterocycles. The molecule has 1 aromatic carbocycles. The number of hydrogen-bond donors (Lipinski definition) is 1.